The molecule has 0 unspecified atom stereocenters. The van der Waals surface area contributed by atoms with Gasteiger partial charge in [-0.15, -0.1) is 0 Å². The standard InChI is InChI=1S/C11H9ClN2O/c12-9-2-10-7(1-11(9)15)8-5-13-3-6(8)4-14-10/h1-2,4,13,15H,3,5H2. The first-order valence-corrected chi connectivity index (χ1v) is 5.13. The average Bonchev–Trinajstić information content (AvgIpc) is 2.68. The molecule has 2 heterocycles. The molecule has 0 amide bonds. The molecule has 0 radical (unpaired) electrons. The average molecular weight is 221 g/mol. The van der Waals surface area contributed by atoms with Crippen LogP contribution in [0.4, 0.5) is 0 Å². The van der Waals surface area contributed by atoms with Crippen LogP contribution in [-0.2, 0) is 13.1 Å². The van der Waals surface area contributed by atoms with Crippen molar-refractivity contribution in [3.8, 4) is 5.75 Å². The Bertz CT molecular complexity index is 554. The highest BCUT2D eigenvalue weighted by Gasteiger charge is 2.15. The van der Waals surface area contributed by atoms with Gasteiger partial charge in [-0.1, -0.05) is 11.6 Å². The second-order valence-corrected chi connectivity index (χ2v) is 4.09. The molecule has 0 spiro atoms. The molecule has 76 valence electrons. The number of aromatic hydroxyl groups is 1. The van der Waals surface area contributed by atoms with Gasteiger partial charge >= 0.3 is 0 Å². The Morgan fingerprint density at radius 3 is 3.07 bits per heavy atom. The Balaban J connectivity index is 2.40. The molecule has 1 aromatic heterocycles. The fourth-order valence-corrected chi connectivity index (χ4v) is 2.14. The zero-order valence-electron chi connectivity index (χ0n) is 7.92. The van der Waals surface area contributed by atoms with Gasteiger partial charge in [-0.3, -0.25) is 4.98 Å². The number of hydrogen-bond donors (Lipinski definition) is 2. The van der Waals surface area contributed by atoms with E-state index in [4.69, 9.17) is 11.6 Å². The van der Waals surface area contributed by atoms with Crippen molar-refractivity contribution < 1.29 is 5.11 Å². The minimum Gasteiger partial charge on any atom is -0.506 e. The van der Waals surface area contributed by atoms with Crippen molar-refractivity contribution >= 4 is 22.5 Å². The molecule has 0 aliphatic carbocycles. The summed E-state index contributed by atoms with van der Waals surface area (Å²) in [5.74, 6) is 0.117. The minimum atomic E-state index is 0.117. The molecule has 0 saturated heterocycles. The molecular formula is C11H9ClN2O. The van der Waals surface area contributed by atoms with E-state index in [9.17, 15) is 5.11 Å². The van der Waals surface area contributed by atoms with Crippen LogP contribution in [0, 0.1) is 0 Å². The van der Waals surface area contributed by atoms with Gasteiger partial charge in [-0.2, -0.15) is 0 Å². The van der Waals surface area contributed by atoms with E-state index in [-0.39, 0.29) is 5.75 Å². The van der Waals surface area contributed by atoms with Gasteiger partial charge in [-0.05, 0) is 23.3 Å². The summed E-state index contributed by atoms with van der Waals surface area (Å²) in [6, 6.07) is 3.39. The van der Waals surface area contributed by atoms with E-state index in [1.807, 2.05) is 6.20 Å². The highest BCUT2D eigenvalue weighted by molar-refractivity contribution is 6.32. The third-order valence-electron chi connectivity index (χ3n) is 2.75. The fourth-order valence-electron chi connectivity index (χ4n) is 1.98. The van der Waals surface area contributed by atoms with Gasteiger partial charge in [0.15, 0.2) is 0 Å². The first-order valence-electron chi connectivity index (χ1n) is 4.75. The maximum Gasteiger partial charge on any atom is 0.134 e. The van der Waals surface area contributed by atoms with Crippen LogP contribution in [0.3, 0.4) is 0 Å². The fraction of sp³-hybridized carbons (Fsp3) is 0.182. The maximum absolute atomic E-state index is 9.57. The van der Waals surface area contributed by atoms with E-state index >= 15 is 0 Å². The van der Waals surface area contributed by atoms with Crippen LogP contribution in [0.25, 0.3) is 10.9 Å². The number of benzene rings is 1. The van der Waals surface area contributed by atoms with Crippen LogP contribution < -0.4 is 5.32 Å². The van der Waals surface area contributed by atoms with Gasteiger partial charge in [-0.25, -0.2) is 0 Å². The highest BCUT2D eigenvalue weighted by atomic mass is 35.5. The van der Waals surface area contributed by atoms with E-state index < -0.39 is 0 Å². The summed E-state index contributed by atoms with van der Waals surface area (Å²) < 4.78 is 0. The van der Waals surface area contributed by atoms with E-state index in [1.165, 1.54) is 11.1 Å². The number of aromatic nitrogens is 1. The lowest BCUT2D eigenvalue weighted by Gasteiger charge is -2.05. The van der Waals surface area contributed by atoms with Gasteiger partial charge in [0.2, 0.25) is 0 Å². The molecule has 1 aliphatic rings. The molecule has 3 rings (SSSR count). The van der Waals surface area contributed by atoms with Crippen molar-refractivity contribution in [2.75, 3.05) is 0 Å². The molecule has 15 heavy (non-hydrogen) atoms. The zero-order valence-corrected chi connectivity index (χ0v) is 8.67. The number of pyridine rings is 1. The van der Waals surface area contributed by atoms with Crippen molar-refractivity contribution in [3.05, 3.63) is 34.5 Å². The molecule has 3 nitrogen and oxygen atoms in total. The molecule has 4 heteroatoms. The van der Waals surface area contributed by atoms with E-state index in [0.717, 1.165) is 24.0 Å². The van der Waals surface area contributed by atoms with E-state index in [1.54, 1.807) is 12.1 Å². The van der Waals surface area contributed by atoms with Crippen LogP contribution in [0.2, 0.25) is 5.02 Å². The zero-order chi connectivity index (χ0) is 10.4. The van der Waals surface area contributed by atoms with Gasteiger partial charge in [0.25, 0.3) is 0 Å². The number of fused-ring (bicyclic) bond motifs is 3. The second-order valence-electron chi connectivity index (χ2n) is 3.69. The Labute approximate surface area is 91.7 Å². The second kappa shape index (κ2) is 3.08. The summed E-state index contributed by atoms with van der Waals surface area (Å²) in [7, 11) is 0. The topological polar surface area (TPSA) is 45.2 Å². The van der Waals surface area contributed by atoms with Gasteiger partial charge < -0.3 is 10.4 Å². The van der Waals surface area contributed by atoms with Crippen LogP contribution in [-0.4, -0.2) is 10.1 Å². The predicted molar refractivity (Wildman–Crippen MR) is 59.0 cm³/mol. The predicted octanol–water partition coefficient (Wildman–Crippen LogP) is 2.20. The molecular weight excluding hydrogens is 212 g/mol. The highest BCUT2D eigenvalue weighted by Crippen LogP contribution is 2.32. The first-order chi connectivity index (χ1) is 7.25. The lowest BCUT2D eigenvalue weighted by atomic mass is 10.1. The molecule has 2 aromatic rings. The summed E-state index contributed by atoms with van der Waals surface area (Å²) in [6.45, 7) is 1.68. The maximum atomic E-state index is 9.57. The largest absolute Gasteiger partial charge is 0.506 e. The van der Waals surface area contributed by atoms with E-state index in [2.05, 4.69) is 10.3 Å². The van der Waals surface area contributed by atoms with Crippen molar-refractivity contribution in [3.63, 3.8) is 0 Å². The Morgan fingerprint density at radius 2 is 2.20 bits per heavy atom. The van der Waals surface area contributed by atoms with Crippen molar-refractivity contribution in [2.45, 2.75) is 13.1 Å². The van der Waals surface area contributed by atoms with Crippen LogP contribution in [0.5, 0.6) is 5.75 Å². The molecule has 0 atom stereocenters. The summed E-state index contributed by atoms with van der Waals surface area (Å²) in [5.41, 5.74) is 3.25. The van der Waals surface area contributed by atoms with Crippen molar-refractivity contribution in [2.24, 2.45) is 0 Å². The number of rotatable bonds is 0. The van der Waals surface area contributed by atoms with Crippen LogP contribution in [0.15, 0.2) is 18.3 Å². The van der Waals surface area contributed by atoms with Crippen LogP contribution in [0.1, 0.15) is 11.1 Å². The molecule has 0 saturated carbocycles. The Morgan fingerprint density at radius 1 is 1.33 bits per heavy atom. The number of nitrogens with zero attached hydrogens (tertiary/aromatic N) is 1. The third-order valence-corrected chi connectivity index (χ3v) is 3.06. The number of halogens is 1. The summed E-state index contributed by atoms with van der Waals surface area (Å²) in [5, 5.41) is 14.2. The van der Waals surface area contributed by atoms with Gasteiger partial charge in [0.1, 0.15) is 5.75 Å². The van der Waals surface area contributed by atoms with Crippen molar-refractivity contribution in [1.29, 1.82) is 0 Å². The normalized spacial score (nSPS) is 14.5. The lowest BCUT2D eigenvalue weighted by molar-refractivity contribution is 0.476. The quantitative estimate of drug-likeness (QED) is 0.716. The van der Waals surface area contributed by atoms with Crippen molar-refractivity contribution in [1.82, 2.24) is 10.3 Å². The Hall–Kier alpha value is -1.32. The molecule has 2 N–H and O–H groups in total. The number of nitrogens with one attached hydrogen (secondary N) is 1. The van der Waals surface area contributed by atoms with Gasteiger partial charge in [0.05, 0.1) is 10.5 Å². The summed E-state index contributed by atoms with van der Waals surface area (Å²) >= 11 is 5.83. The van der Waals surface area contributed by atoms with E-state index in [0.29, 0.717) is 5.02 Å². The SMILES string of the molecule is Oc1cc2c3c(cnc2cc1Cl)CNC3. The number of phenols is 1. The number of hydrogen-bond acceptors (Lipinski definition) is 3. The number of phenolic OH excluding ortho intramolecular Hbond substituents is 1. The first kappa shape index (κ1) is 8.95. The smallest absolute Gasteiger partial charge is 0.134 e. The third kappa shape index (κ3) is 1.28. The molecule has 1 aliphatic heterocycles. The molecule has 1 aromatic carbocycles. The van der Waals surface area contributed by atoms with Gasteiger partial charge in [0, 0.05) is 24.7 Å². The monoisotopic (exact) mass is 220 g/mol. The molecule has 0 fully saturated rings. The van der Waals surface area contributed by atoms with Crippen LogP contribution >= 0.6 is 11.6 Å². The summed E-state index contributed by atoms with van der Waals surface area (Å²) in [4.78, 5) is 4.32. The summed E-state index contributed by atoms with van der Waals surface area (Å²) in [6.07, 6.45) is 1.87. The Kier molecular flexibility index (Phi) is 1.84. The lowest BCUT2D eigenvalue weighted by Crippen LogP contribution is -2.00. The minimum absolute atomic E-state index is 0.117. The molecule has 0 bridgehead atoms.